The maximum atomic E-state index is 2.58. The van der Waals surface area contributed by atoms with Gasteiger partial charge in [-0.15, -0.1) is 0 Å². The van der Waals surface area contributed by atoms with E-state index in [0.29, 0.717) is 0 Å². The Balaban J connectivity index is 1.83. The van der Waals surface area contributed by atoms with Crippen LogP contribution in [0.4, 0.5) is 0 Å². The van der Waals surface area contributed by atoms with E-state index in [1.54, 1.807) is 0 Å². The van der Waals surface area contributed by atoms with Crippen molar-refractivity contribution in [2.75, 3.05) is 7.05 Å². The molecule has 0 amide bonds. The van der Waals surface area contributed by atoms with Gasteiger partial charge in [0.2, 0.25) is 0 Å². The van der Waals surface area contributed by atoms with Crippen LogP contribution in [0.15, 0.2) is 0 Å². The molecule has 1 nitrogen and oxygen atoms in total. The van der Waals surface area contributed by atoms with Gasteiger partial charge in [-0.3, -0.25) is 0 Å². The van der Waals surface area contributed by atoms with Crippen molar-refractivity contribution in [3.05, 3.63) is 0 Å². The summed E-state index contributed by atoms with van der Waals surface area (Å²) in [6.07, 6.45) is 5.87. The molecule has 0 aliphatic heterocycles. The standard InChI is InChI=1S/C9H17N/c1-7(8-3-4-8)10(2)9-5-6-9/h7-9H,3-6H2,1-2H3. The predicted octanol–water partition coefficient (Wildman–Crippen LogP) is 1.88. The Labute approximate surface area is 63.4 Å². The predicted molar refractivity (Wildman–Crippen MR) is 43.0 cm³/mol. The molecule has 0 spiro atoms. The van der Waals surface area contributed by atoms with Crippen molar-refractivity contribution in [3.8, 4) is 0 Å². The highest BCUT2D eigenvalue weighted by atomic mass is 15.2. The lowest BCUT2D eigenvalue weighted by atomic mass is 10.2. The minimum atomic E-state index is 0.868. The number of hydrogen-bond donors (Lipinski definition) is 0. The fourth-order valence-electron chi connectivity index (χ4n) is 1.73. The maximum absolute atomic E-state index is 2.58. The second-order valence-electron chi connectivity index (χ2n) is 3.97. The van der Waals surface area contributed by atoms with Crippen LogP contribution < -0.4 is 0 Å². The zero-order chi connectivity index (χ0) is 7.14. The summed E-state index contributed by atoms with van der Waals surface area (Å²) in [7, 11) is 2.29. The fraction of sp³-hybridized carbons (Fsp3) is 1.00. The van der Waals surface area contributed by atoms with Crippen LogP contribution in [0.2, 0.25) is 0 Å². The zero-order valence-electron chi connectivity index (χ0n) is 7.01. The first-order valence-corrected chi connectivity index (χ1v) is 4.51. The SMILES string of the molecule is CC(C1CC1)N(C)C1CC1. The normalized spacial score (nSPS) is 29.1. The first kappa shape index (κ1) is 6.66. The summed E-state index contributed by atoms with van der Waals surface area (Å²) in [5.74, 6) is 1.05. The van der Waals surface area contributed by atoms with E-state index in [1.807, 2.05) is 0 Å². The topological polar surface area (TPSA) is 3.24 Å². The third kappa shape index (κ3) is 1.20. The Morgan fingerprint density at radius 2 is 1.80 bits per heavy atom. The lowest BCUT2D eigenvalue weighted by Gasteiger charge is -2.23. The highest BCUT2D eigenvalue weighted by Gasteiger charge is 2.36. The Morgan fingerprint density at radius 1 is 1.20 bits per heavy atom. The monoisotopic (exact) mass is 139 g/mol. The van der Waals surface area contributed by atoms with Gasteiger partial charge in [-0.2, -0.15) is 0 Å². The van der Waals surface area contributed by atoms with Crippen LogP contribution >= 0.6 is 0 Å². The Hall–Kier alpha value is -0.0400. The molecule has 1 atom stereocenters. The van der Waals surface area contributed by atoms with Gasteiger partial charge < -0.3 is 4.90 Å². The van der Waals surface area contributed by atoms with E-state index in [9.17, 15) is 0 Å². The van der Waals surface area contributed by atoms with E-state index < -0.39 is 0 Å². The summed E-state index contributed by atoms with van der Waals surface area (Å²) in [5.41, 5.74) is 0. The average Bonchev–Trinajstić information content (AvgIpc) is 2.73. The first-order chi connectivity index (χ1) is 4.79. The molecule has 0 aromatic heterocycles. The lowest BCUT2D eigenvalue weighted by Crippen LogP contribution is -2.32. The Kier molecular flexibility index (Phi) is 1.48. The summed E-state index contributed by atoms with van der Waals surface area (Å²) >= 11 is 0. The summed E-state index contributed by atoms with van der Waals surface area (Å²) in [6.45, 7) is 2.38. The van der Waals surface area contributed by atoms with E-state index in [4.69, 9.17) is 0 Å². The first-order valence-electron chi connectivity index (χ1n) is 4.51. The van der Waals surface area contributed by atoms with Gasteiger partial charge in [0, 0.05) is 12.1 Å². The molecule has 10 heavy (non-hydrogen) atoms. The van der Waals surface area contributed by atoms with Crippen LogP contribution in [0.1, 0.15) is 32.6 Å². The molecule has 0 aromatic rings. The van der Waals surface area contributed by atoms with E-state index in [0.717, 1.165) is 18.0 Å². The van der Waals surface area contributed by atoms with Crippen molar-refractivity contribution in [1.29, 1.82) is 0 Å². The van der Waals surface area contributed by atoms with E-state index in [2.05, 4.69) is 18.9 Å². The minimum Gasteiger partial charge on any atom is -0.300 e. The van der Waals surface area contributed by atoms with Crippen molar-refractivity contribution in [1.82, 2.24) is 4.90 Å². The Morgan fingerprint density at radius 3 is 2.20 bits per heavy atom. The largest absolute Gasteiger partial charge is 0.300 e. The van der Waals surface area contributed by atoms with Crippen LogP contribution in [0.3, 0.4) is 0 Å². The molecule has 1 unspecified atom stereocenters. The van der Waals surface area contributed by atoms with Crippen LogP contribution in [0.25, 0.3) is 0 Å². The van der Waals surface area contributed by atoms with Crippen molar-refractivity contribution >= 4 is 0 Å². The lowest BCUT2D eigenvalue weighted by molar-refractivity contribution is 0.225. The molecule has 58 valence electrons. The quantitative estimate of drug-likeness (QED) is 0.577. The molecule has 0 N–H and O–H groups in total. The average molecular weight is 139 g/mol. The van der Waals surface area contributed by atoms with Gasteiger partial charge in [-0.1, -0.05) is 0 Å². The summed E-state index contributed by atoms with van der Waals surface area (Å²) in [6, 6.07) is 1.82. The molecular formula is C9H17N. The van der Waals surface area contributed by atoms with Crippen LogP contribution in [-0.4, -0.2) is 24.0 Å². The molecule has 0 heterocycles. The van der Waals surface area contributed by atoms with Gasteiger partial charge in [0.05, 0.1) is 0 Å². The van der Waals surface area contributed by atoms with Gasteiger partial charge in [-0.05, 0) is 45.6 Å². The Bertz CT molecular complexity index is 109. The van der Waals surface area contributed by atoms with E-state index in [-0.39, 0.29) is 0 Å². The number of rotatable bonds is 3. The van der Waals surface area contributed by atoms with Gasteiger partial charge in [0.15, 0.2) is 0 Å². The van der Waals surface area contributed by atoms with Crippen LogP contribution in [-0.2, 0) is 0 Å². The third-order valence-electron chi connectivity index (χ3n) is 3.07. The van der Waals surface area contributed by atoms with Gasteiger partial charge in [0.1, 0.15) is 0 Å². The van der Waals surface area contributed by atoms with Gasteiger partial charge in [0.25, 0.3) is 0 Å². The fourth-order valence-corrected chi connectivity index (χ4v) is 1.73. The smallest absolute Gasteiger partial charge is 0.00963 e. The molecule has 2 aliphatic rings. The van der Waals surface area contributed by atoms with Crippen molar-refractivity contribution in [2.24, 2.45) is 5.92 Å². The molecule has 0 radical (unpaired) electrons. The summed E-state index contributed by atoms with van der Waals surface area (Å²) < 4.78 is 0. The summed E-state index contributed by atoms with van der Waals surface area (Å²) in [4.78, 5) is 2.58. The second-order valence-corrected chi connectivity index (χ2v) is 3.97. The number of hydrogen-bond acceptors (Lipinski definition) is 1. The van der Waals surface area contributed by atoms with Crippen LogP contribution in [0.5, 0.6) is 0 Å². The van der Waals surface area contributed by atoms with Gasteiger partial charge in [-0.25, -0.2) is 0 Å². The van der Waals surface area contributed by atoms with Gasteiger partial charge >= 0.3 is 0 Å². The molecule has 2 aliphatic carbocycles. The molecular weight excluding hydrogens is 122 g/mol. The van der Waals surface area contributed by atoms with Crippen molar-refractivity contribution in [2.45, 2.75) is 44.7 Å². The maximum Gasteiger partial charge on any atom is 0.00963 e. The highest BCUT2D eigenvalue weighted by Crippen LogP contribution is 2.38. The zero-order valence-corrected chi connectivity index (χ0v) is 7.01. The molecule has 0 aromatic carbocycles. The van der Waals surface area contributed by atoms with E-state index >= 15 is 0 Å². The third-order valence-corrected chi connectivity index (χ3v) is 3.07. The summed E-state index contributed by atoms with van der Waals surface area (Å²) in [5, 5.41) is 0. The van der Waals surface area contributed by atoms with Crippen LogP contribution in [0, 0.1) is 5.92 Å². The molecule has 0 bridgehead atoms. The number of nitrogens with zero attached hydrogens (tertiary/aromatic N) is 1. The molecule has 2 rings (SSSR count). The molecule has 2 fully saturated rings. The van der Waals surface area contributed by atoms with Crippen molar-refractivity contribution in [3.63, 3.8) is 0 Å². The second kappa shape index (κ2) is 2.23. The minimum absolute atomic E-state index is 0.868. The highest BCUT2D eigenvalue weighted by molar-refractivity contribution is 4.91. The van der Waals surface area contributed by atoms with E-state index in [1.165, 1.54) is 25.7 Å². The van der Waals surface area contributed by atoms with Crippen molar-refractivity contribution < 1.29 is 0 Å². The molecule has 1 heteroatoms. The molecule has 2 saturated carbocycles. The molecule has 0 saturated heterocycles.